The quantitative estimate of drug-likeness (QED) is 0.673. The number of fused-ring (bicyclic) bond motifs is 1. The molecule has 1 saturated heterocycles. The zero-order chi connectivity index (χ0) is 23.7. The van der Waals surface area contributed by atoms with Gasteiger partial charge in [0.05, 0.1) is 0 Å². The highest BCUT2D eigenvalue weighted by molar-refractivity contribution is 5.78. The second kappa shape index (κ2) is 9.22. The van der Waals surface area contributed by atoms with Gasteiger partial charge in [-0.2, -0.15) is 0 Å². The molecule has 5 heteroatoms. The van der Waals surface area contributed by atoms with Crippen molar-refractivity contribution in [3.63, 3.8) is 0 Å². The van der Waals surface area contributed by atoms with Crippen molar-refractivity contribution in [3.05, 3.63) is 89.5 Å². The van der Waals surface area contributed by atoms with Crippen LogP contribution in [0.3, 0.4) is 0 Å². The van der Waals surface area contributed by atoms with Crippen LogP contribution in [0.1, 0.15) is 32.3 Å². The summed E-state index contributed by atoms with van der Waals surface area (Å²) >= 11 is 0. The van der Waals surface area contributed by atoms with Gasteiger partial charge in [-0.3, -0.25) is 0 Å². The van der Waals surface area contributed by atoms with Crippen molar-refractivity contribution < 1.29 is 0 Å². The number of aromatic nitrogens is 1. The summed E-state index contributed by atoms with van der Waals surface area (Å²) in [5.41, 5.74) is 5.89. The first-order chi connectivity index (χ1) is 16.4. The van der Waals surface area contributed by atoms with Gasteiger partial charge in [0.25, 0.3) is 0 Å². The van der Waals surface area contributed by atoms with Crippen LogP contribution in [0, 0.1) is 11.3 Å². The molecule has 2 aliphatic heterocycles. The van der Waals surface area contributed by atoms with Gasteiger partial charge in [-0.15, -0.1) is 0 Å². The van der Waals surface area contributed by atoms with Crippen molar-refractivity contribution in [2.75, 3.05) is 38.1 Å². The third kappa shape index (κ3) is 4.71. The molecular weight excluding hydrogens is 418 g/mol. The van der Waals surface area contributed by atoms with Gasteiger partial charge in [-0.05, 0) is 60.7 Å². The summed E-state index contributed by atoms with van der Waals surface area (Å²) in [5, 5.41) is 3.45. The van der Waals surface area contributed by atoms with Crippen molar-refractivity contribution >= 4 is 17.7 Å². The van der Waals surface area contributed by atoms with E-state index in [-0.39, 0.29) is 5.41 Å². The van der Waals surface area contributed by atoms with Crippen LogP contribution >= 0.6 is 0 Å². The van der Waals surface area contributed by atoms with Crippen molar-refractivity contribution in [1.82, 2.24) is 15.2 Å². The molecule has 34 heavy (non-hydrogen) atoms. The predicted octanol–water partition coefficient (Wildman–Crippen LogP) is 5.10. The van der Waals surface area contributed by atoms with Crippen LogP contribution in [-0.2, 0) is 0 Å². The Morgan fingerprint density at radius 1 is 1.21 bits per heavy atom. The van der Waals surface area contributed by atoms with E-state index in [1.165, 1.54) is 16.7 Å². The van der Waals surface area contributed by atoms with E-state index in [1.54, 1.807) is 0 Å². The molecule has 5 nitrogen and oxygen atoms in total. The Hall–Kier alpha value is -3.18. The summed E-state index contributed by atoms with van der Waals surface area (Å²) < 4.78 is 0. The summed E-state index contributed by atoms with van der Waals surface area (Å²) in [6, 6.07) is 4.14. The molecule has 3 heterocycles. The van der Waals surface area contributed by atoms with E-state index in [2.05, 4.69) is 96.3 Å². The molecule has 0 bridgehead atoms. The Morgan fingerprint density at radius 3 is 2.82 bits per heavy atom. The van der Waals surface area contributed by atoms with Gasteiger partial charge in [0, 0.05) is 55.3 Å². The fourth-order valence-electron chi connectivity index (χ4n) is 4.95. The van der Waals surface area contributed by atoms with E-state index in [9.17, 15) is 0 Å². The lowest BCUT2D eigenvalue weighted by atomic mass is 9.73. The smallest absolute Gasteiger partial charge is 0.130 e. The number of piperazine rings is 1. The molecule has 0 amide bonds. The Labute approximate surface area is 203 Å². The first kappa shape index (κ1) is 22.6. The van der Waals surface area contributed by atoms with Gasteiger partial charge in [0.1, 0.15) is 11.6 Å². The molecule has 2 unspecified atom stereocenters. The Bertz CT molecular complexity index is 1160. The molecule has 176 valence electrons. The molecule has 0 saturated carbocycles. The number of hydrogen-bond donors (Lipinski definition) is 1. The zero-order valence-electron chi connectivity index (χ0n) is 20.6. The maximum absolute atomic E-state index is 4.76. The molecule has 4 aliphatic rings. The standard InChI is InChI=1S/C29H35N5/c1-21-6-5-7-24(16-21)25-8-10-29(3)20-31-27(19-26(29)17-25)32-22(2)23-9-11-30-28(18-23)34-14-12-33(4)13-15-34/h5-9,11,17-21,32H,2,10,12-16H2,1,3-4H3. The van der Waals surface area contributed by atoms with Gasteiger partial charge in [0.2, 0.25) is 0 Å². The van der Waals surface area contributed by atoms with Crippen LogP contribution in [0.5, 0.6) is 0 Å². The summed E-state index contributed by atoms with van der Waals surface area (Å²) in [4.78, 5) is 14.1. The Morgan fingerprint density at radius 2 is 2.03 bits per heavy atom. The van der Waals surface area contributed by atoms with Crippen LogP contribution in [0.2, 0.25) is 0 Å². The van der Waals surface area contributed by atoms with Gasteiger partial charge in [-0.1, -0.05) is 50.8 Å². The predicted molar refractivity (Wildman–Crippen MR) is 143 cm³/mol. The number of anilines is 1. The van der Waals surface area contributed by atoms with Gasteiger partial charge < -0.3 is 15.1 Å². The highest BCUT2D eigenvalue weighted by Gasteiger charge is 2.31. The number of rotatable bonds is 5. The number of allylic oxidation sites excluding steroid dienone is 9. The number of pyridine rings is 1. The molecule has 1 aromatic heterocycles. The highest BCUT2D eigenvalue weighted by atomic mass is 15.3. The molecule has 2 atom stereocenters. The Kier molecular flexibility index (Phi) is 6.13. The second-order valence-corrected chi connectivity index (χ2v) is 10.2. The van der Waals surface area contributed by atoms with Crippen molar-refractivity contribution in [1.29, 1.82) is 0 Å². The van der Waals surface area contributed by atoms with Crippen molar-refractivity contribution in [2.45, 2.75) is 26.7 Å². The first-order valence-corrected chi connectivity index (χ1v) is 12.3. The average Bonchev–Trinajstić information content (AvgIpc) is 2.84. The first-order valence-electron chi connectivity index (χ1n) is 12.3. The largest absolute Gasteiger partial charge is 0.354 e. The SMILES string of the molecule is C=C(NC1=CC2=CC(C3=CC=CC(C)C3)=CCC2(C)C=N1)c1ccnc(N2CCN(C)CC2)c1. The average molecular weight is 454 g/mol. The van der Waals surface area contributed by atoms with E-state index in [4.69, 9.17) is 4.99 Å². The topological polar surface area (TPSA) is 43.8 Å². The zero-order valence-corrected chi connectivity index (χ0v) is 20.6. The summed E-state index contributed by atoms with van der Waals surface area (Å²) in [6.45, 7) is 13.0. The molecular formula is C29H35N5. The minimum atomic E-state index is -0.0576. The molecule has 1 N–H and O–H groups in total. The lowest BCUT2D eigenvalue weighted by Gasteiger charge is -2.34. The third-order valence-electron chi connectivity index (χ3n) is 7.35. The maximum Gasteiger partial charge on any atom is 0.130 e. The molecule has 1 fully saturated rings. The van der Waals surface area contributed by atoms with Crippen LogP contribution in [0.25, 0.3) is 5.70 Å². The van der Waals surface area contributed by atoms with Crippen LogP contribution in [-0.4, -0.2) is 49.3 Å². The number of hydrogen-bond acceptors (Lipinski definition) is 5. The van der Waals surface area contributed by atoms with Crippen molar-refractivity contribution in [3.8, 4) is 0 Å². The van der Waals surface area contributed by atoms with Crippen LogP contribution in [0.4, 0.5) is 5.82 Å². The number of likely N-dealkylation sites (N-methyl/N-ethyl adjacent to an activating group) is 1. The lowest BCUT2D eigenvalue weighted by molar-refractivity contribution is 0.312. The molecule has 0 aromatic carbocycles. The number of nitrogens with one attached hydrogen (secondary N) is 1. The monoisotopic (exact) mass is 453 g/mol. The van der Waals surface area contributed by atoms with E-state index in [0.717, 1.165) is 61.9 Å². The molecule has 2 aliphatic carbocycles. The van der Waals surface area contributed by atoms with E-state index < -0.39 is 0 Å². The fraction of sp³-hybridized carbons (Fsp3) is 0.379. The minimum absolute atomic E-state index is 0.0576. The molecule has 0 radical (unpaired) electrons. The van der Waals surface area contributed by atoms with Crippen molar-refractivity contribution in [2.24, 2.45) is 16.3 Å². The molecule has 5 rings (SSSR count). The van der Waals surface area contributed by atoms with Crippen LogP contribution < -0.4 is 10.2 Å². The number of nitrogens with zero attached hydrogens (tertiary/aromatic N) is 4. The summed E-state index contributed by atoms with van der Waals surface area (Å²) in [7, 11) is 2.17. The Balaban J connectivity index is 1.32. The van der Waals surface area contributed by atoms with E-state index in [1.807, 2.05) is 12.3 Å². The summed E-state index contributed by atoms with van der Waals surface area (Å²) in [6.07, 6.45) is 19.6. The normalized spacial score (nSPS) is 26.8. The fourth-order valence-corrected chi connectivity index (χ4v) is 4.95. The summed E-state index contributed by atoms with van der Waals surface area (Å²) in [5.74, 6) is 2.43. The van der Waals surface area contributed by atoms with Gasteiger partial charge in [0.15, 0.2) is 0 Å². The van der Waals surface area contributed by atoms with Gasteiger partial charge >= 0.3 is 0 Å². The lowest BCUT2D eigenvalue weighted by Crippen LogP contribution is -2.44. The highest BCUT2D eigenvalue weighted by Crippen LogP contribution is 2.41. The molecule has 1 aromatic rings. The third-order valence-corrected chi connectivity index (χ3v) is 7.35. The van der Waals surface area contributed by atoms with E-state index >= 15 is 0 Å². The van der Waals surface area contributed by atoms with Gasteiger partial charge in [-0.25, -0.2) is 9.98 Å². The van der Waals surface area contributed by atoms with Crippen LogP contribution in [0.15, 0.2) is 88.9 Å². The van der Waals surface area contributed by atoms with E-state index in [0.29, 0.717) is 5.92 Å². The number of aliphatic imine (C=N–C) groups is 1. The second-order valence-electron chi connectivity index (χ2n) is 10.2. The maximum atomic E-state index is 4.76. The molecule has 0 spiro atoms. The minimum Gasteiger partial charge on any atom is -0.354 e.